The molecule has 0 spiro atoms. The molecular weight excluding hydrogens is 136 g/mol. The van der Waals surface area contributed by atoms with Crippen LogP contribution in [-0.2, 0) is 0 Å². The van der Waals surface area contributed by atoms with Crippen molar-refractivity contribution in [2.45, 2.75) is 0 Å². The molecule has 0 bridgehead atoms. The molecule has 0 rings (SSSR count). The molecule has 1 nitrogen and oxygen atoms in total. The van der Waals surface area contributed by atoms with Crippen LogP contribution in [0.3, 0.4) is 0 Å². The van der Waals surface area contributed by atoms with Gasteiger partial charge in [0.25, 0.3) is 0 Å². The highest BCUT2D eigenvalue weighted by Crippen LogP contribution is 1.93. The van der Waals surface area contributed by atoms with E-state index in [9.17, 15) is 8.78 Å². The number of allylic oxidation sites excluding steroid dienone is 3. The normalized spacial score (nSPS) is 12.0. The van der Waals surface area contributed by atoms with Crippen molar-refractivity contribution in [3.8, 4) is 0 Å². The largest absolute Gasteiger partial charge is 0.228 e. The Hall–Kier alpha value is -1.25. The molecule has 54 valence electrons. The molecule has 0 fully saturated rings. The van der Waals surface area contributed by atoms with Gasteiger partial charge < -0.3 is 0 Å². The zero-order valence-corrected chi connectivity index (χ0v) is 5.35. The second-order valence-electron chi connectivity index (χ2n) is 1.42. The van der Waals surface area contributed by atoms with Crippen molar-refractivity contribution in [1.82, 2.24) is 0 Å². The predicted octanol–water partition coefficient (Wildman–Crippen LogP) is 2.54. The number of aliphatic imine (C=N–C) groups is 1. The van der Waals surface area contributed by atoms with E-state index in [4.69, 9.17) is 0 Å². The van der Waals surface area contributed by atoms with Gasteiger partial charge in [-0.25, -0.2) is 9.38 Å². The van der Waals surface area contributed by atoms with E-state index < -0.39 is 11.8 Å². The third kappa shape index (κ3) is 4.90. The van der Waals surface area contributed by atoms with Crippen LogP contribution in [0.5, 0.6) is 0 Å². The molecule has 10 heavy (non-hydrogen) atoms. The molecule has 3 heteroatoms. The van der Waals surface area contributed by atoms with E-state index in [0.717, 1.165) is 18.4 Å². The van der Waals surface area contributed by atoms with E-state index >= 15 is 0 Å². The van der Waals surface area contributed by atoms with Crippen LogP contribution in [-0.4, -0.2) is 5.97 Å². The quantitative estimate of drug-likeness (QED) is 0.425. The van der Waals surface area contributed by atoms with Gasteiger partial charge in [-0.15, -0.1) is 0 Å². The molecule has 0 aromatic heterocycles. The second kappa shape index (κ2) is 4.61. The Balaban J connectivity index is 3.93. The van der Waals surface area contributed by atoms with E-state index in [1.54, 1.807) is 0 Å². The second-order valence-corrected chi connectivity index (χ2v) is 1.42. The minimum Gasteiger partial charge on any atom is -0.228 e. The molecule has 0 saturated heterocycles. The lowest BCUT2D eigenvalue weighted by molar-refractivity contribution is 0.671. The zero-order chi connectivity index (χ0) is 7.98. The van der Waals surface area contributed by atoms with Crippen LogP contribution < -0.4 is 0 Å². The first-order valence-electron chi connectivity index (χ1n) is 2.53. The summed E-state index contributed by atoms with van der Waals surface area (Å²) in [5.74, 6) is -1.42. The van der Waals surface area contributed by atoms with E-state index in [2.05, 4.69) is 18.2 Å². The van der Waals surface area contributed by atoms with Gasteiger partial charge in [0.05, 0.1) is 0 Å². The van der Waals surface area contributed by atoms with Gasteiger partial charge >= 0.3 is 0 Å². The summed E-state index contributed by atoms with van der Waals surface area (Å²) in [5, 5.41) is 0. The van der Waals surface area contributed by atoms with Crippen molar-refractivity contribution >= 4 is 5.97 Å². The minimum atomic E-state index is -0.752. The lowest BCUT2D eigenvalue weighted by Gasteiger charge is -1.79. The van der Waals surface area contributed by atoms with Gasteiger partial charge in [-0.05, 0) is 12.2 Å². The number of nitrogens with zero attached hydrogens (tertiary/aromatic N) is 1. The summed E-state index contributed by atoms with van der Waals surface area (Å²) in [6.07, 6.45) is 2.84. The Bertz CT molecular complexity index is 192. The third-order valence-corrected chi connectivity index (χ3v) is 0.622. The maximum Gasteiger partial charge on any atom is 0.212 e. The van der Waals surface area contributed by atoms with Gasteiger partial charge in [0.2, 0.25) is 5.97 Å². The summed E-state index contributed by atoms with van der Waals surface area (Å²) in [5.41, 5.74) is 0. The van der Waals surface area contributed by atoms with Crippen LogP contribution in [0.25, 0.3) is 0 Å². The fraction of sp³-hybridized carbons (Fsp3) is 0. The third-order valence-electron chi connectivity index (χ3n) is 0.622. The monoisotopic (exact) mass is 143 g/mol. The number of halogens is 2. The first-order chi connectivity index (χ1) is 4.66. The molecule has 0 aliphatic heterocycles. The Morgan fingerprint density at radius 2 is 2.00 bits per heavy atom. The highest BCUT2D eigenvalue weighted by atomic mass is 19.1. The Morgan fingerprint density at radius 3 is 2.40 bits per heavy atom. The first kappa shape index (κ1) is 8.75. The Labute approximate surface area is 58.1 Å². The maximum atomic E-state index is 12.0. The molecule has 0 unspecified atom stereocenters. The molecule has 0 N–H and O–H groups in total. The first-order valence-corrected chi connectivity index (χ1v) is 2.53. The molecule has 0 aliphatic carbocycles. The highest BCUT2D eigenvalue weighted by molar-refractivity contribution is 5.86. The van der Waals surface area contributed by atoms with E-state index in [0.29, 0.717) is 0 Å². The lowest BCUT2D eigenvalue weighted by Crippen LogP contribution is -1.75. The molecule has 0 atom stereocenters. The van der Waals surface area contributed by atoms with Crippen LogP contribution in [0.15, 0.2) is 42.3 Å². The average molecular weight is 143 g/mol. The van der Waals surface area contributed by atoms with Gasteiger partial charge in [-0.3, -0.25) is 0 Å². The van der Waals surface area contributed by atoms with Crippen molar-refractivity contribution in [3.63, 3.8) is 0 Å². The van der Waals surface area contributed by atoms with Crippen molar-refractivity contribution in [2.75, 3.05) is 0 Å². The van der Waals surface area contributed by atoms with E-state index in [1.807, 2.05) is 0 Å². The van der Waals surface area contributed by atoms with E-state index in [-0.39, 0.29) is 0 Å². The Morgan fingerprint density at radius 1 is 1.40 bits per heavy atom. The summed E-state index contributed by atoms with van der Waals surface area (Å²) in [4.78, 5) is 3.13. The smallest absolute Gasteiger partial charge is 0.212 e. The Kier molecular flexibility index (Phi) is 4.04. The lowest BCUT2D eigenvalue weighted by atomic mass is 10.5. The molecule has 0 heterocycles. The van der Waals surface area contributed by atoms with Gasteiger partial charge in [-0.1, -0.05) is 13.2 Å². The fourth-order valence-electron chi connectivity index (χ4n) is 0.242. The topological polar surface area (TPSA) is 12.4 Å². The highest BCUT2D eigenvalue weighted by Gasteiger charge is 1.81. The molecule has 0 aromatic carbocycles. The summed E-state index contributed by atoms with van der Waals surface area (Å²) < 4.78 is 23.8. The van der Waals surface area contributed by atoms with Crippen molar-refractivity contribution < 1.29 is 8.78 Å². The van der Waals surface area contributed by atoms with Gasteiger partial charge in [0.15, 0.2) is 0 Å². The van der Waals surface area contributed by atoms with Crippen molar-refractivity contribution in [2.24, 2.45) is 4.99 Å². The molecule has 0 aliphatic rings. The molecule has 0 radical (unpaired) electrons. The van der Waals surface area contributed by atoms with Crippen LogP contribution >= 0.6 is 0 Å². The number of hydrogen-bond donors (Lipinski definition) is 0. The summed E-state index contributed by atoms with van der Waals surface area (Å²) in [6.45, 7) is 6.01. The zero-order valence-electron chi connectivity index (χ0n) is 5.35. The van der Waals surface area contributed by atoms with Crippen LogP contribution in [0.2, 0.25) is 0 Å². The summed E-state index contributed by atoms with van der Waals surface area (Å²) in [6, 6.07) is 0. The number of hydrogen-bond acceptors (Lipinski definition) is 1. The molecular formula is C7H7F2N. The molecule has 0 amide bonds. The van der Waals surface area contributed by atoms with Crippen molar-refractivity contribution in [3.05, 3.63) is 37.3 Å². The van der Waals surface area contributed by atoms with Gasteiger partial charge in [0, 0.05) is 6.20 Å². The van der Waals surface area contributed by atoms with Gasteiger partial charge in [0.1, 0.15) is 5.83 Å². The standard InChI is InChI=1S/C7H7F2N/c1-3-7(9)10-5-4-6(2)8/h3-5H,1-2H2/b5-4-,10-7+. The average Bonchev–Trinajstić information content (AvgIpc) is 1.87. The maximum absolute atomic E-state index is 12.0. The minimum absolute atomic E-state index is 0.666. The van der Waals surface area contributed by atoms with Gasteiger partial charge in [-0.2, -0.15) is 4.39 Å². The van der Waals surface area contributed by atoms with Crippen molar-refractivity contribution in [1.29, 1.82) is 0 Å². The summed E-state index contributed by atoms with van der Waals surface area (Å²) in [7, 11) is 0. The number of rotatable bonds is 3. The SMILES string of the molecule is C=C/C(F)=N\C=C/C(=C)F. The van der Waals surface area contributed by atoms with Crippen LogP contribution in [0, 0.1) is 0 Å². The fourth-order valence-corrected chi connectivity index (χ4v) is 0.242. The molecule has 0 aromatic rings. The predicted molar refractivity (Wildman–Crippen MR) is 38.1 cm³/mol. The van der Waals surface area contributed by atoms with E-state index in [1.165, 1.54) is 0 Å². The molecule has 0 saturated carbocycles. The summed E-state index contributed by atoms with van der Waals surface area (Å²) >= 11 is 0. The van der Waals surface area contributed by atoms with Crippen LogP contribution in [0.1, 0.15) is 0 Å². The van der Waals surface area contributed by atoms with Crippen LogP contribution in [0.4, 0.5) is 8.78 Å².